The van der Waals surface area contributed by atoms with E-state index >= 15 is 0 Å². The number of nitrogens with one attached hydrogen (secondary N) is 4. The standard InChI is InChI=1S/C32H47N7O6/c1-16(2)23(37-27(41)22-14-33-10-11-34-22)28(42)38-26(32(3,4)5)31(45)39-15-18-12-17-6-9-21(25(40)30(44)35-19-7-8-19)36-29(43)24(39)20(18)13-17/h10-11,14,16-21,23-24,26-27,37,41H,6-9,12-13,15H2,1-5H3,(H,35,44)(H,36,43)(H,38,42)/t17?,18-,20-,21-,23-,24-,26+,27?/m0/s1. The summed E-state index contributed by atoms with van der Waals surface area (Å²) in [5.41, 5.74) is -0.457. The van der Waals surface area contributed by atoms with Crippen molar-refractivity contribution in [2.75, 3.05) is 6.54 Å². The Balaban J connectivity index is 1.34. The van der Waals surface area contributed by atoms with E-state index in [0.717, 1.165) is 32.1 Å². The van der Waals surface area contributed by atoms with Crippen LogP contribution in [0, 0.1) is 29.1 Å². The summed E-state index contributed by atoms with van der Waals surface area (Å²) in [5, 5.41) is 22.1. The van der Waals surface area contributed by atoms with Crippen LogP contribution in [0.3, 0.4) is 0 Å². The van der Waals surface area contributed by atoms with E-state index in [1.165, 1.54) is 18.6 Å². The molecule has 2 aliphatic carbocycles. The summed E-state index contributed by atoms with van der Waals surface area (Å²) in [4.78, 5) is 77.3. The first-order valence-corrected chi connectivity index (χ1v) is 16.2. The van der Waals surface area contributed by atoms with Gasteiger partial charge in [0.2, 0.25) is 23.5 Å². The van der Waals surface area contributed by atoms with Gasteiger partial charge in [-0.3, -0.25) is 39.3 Å². The number of fused-ring (bicyclic) bond motifs is 1. The molecule has 2 unspecified atom stereocenters. The number of ketones is 1. The van der Waals surface area contributed by atoms with Crippen LogP contribution in [-0.2, 0) is 24.0 Å². The average molecular weight is 626 g/mol. The molecule has 2 aliphatic heterocycles. The Morgan fingerprint density at radius 3 is 2.42 bits per heavy atom. The second-order valence-corrected chi connectivity index (χ2v) is 14.7. The number of likely N-dealkylation sites (tertiary alicyclic amines) is 1. The fourth-order valence-corrected chi connectivity index (χ4v) is 7.16. The molecule has 0 aromatic carbocycles. The van der Waals surface area contributed by atoms with E-state index < -0.39 is 59.3 Å². The van der Waals surface area contributed by atoms with E-state index in [-0.39, 0.29) is 35.4 Å². The van der Waals surface area contributed by atoms with Gasteiger partial charge in [0, 0.05) is 25.0 Å². The average Bonchev–Trinajstić information content (AvgIpc) is 3.59. The number of hydrogen-bond acceptors (Lipinski definition) is 9. The molecule has 0 radical (unpaired) electrons. The fourth-order valence-electron chi connectivity index (χ4n) is 7.16. The molecule has 2 bridgehead atoms. The molecule has 45 heavy (non-hydrogen) atoms. The minimum absolute atomic E-state index is 0.0264. The van der Waals surface area contributed by atoms with Gasteiger partial charge in [0.1, 0.15) is 24.0 Å². The lowest BCUT2D eigenvalue weighted by Crippen LogP contribution is -2.62. The van der Waals surface area contributed by atoms with Gasteiger partial charge in [0.05, 0.1) is 18.3 Å². The van der Waals surface area contributed by atoms with Crippen LogP contribution in [-0.4, -0.2) is 86.1 Å². The molecule has 246 valence electrons. The zero-order chi connectivity index (χ0) is 32.6. The second-order valence-electron chi connectivity index (χ2n) is 14.7. The van der Waals surface area contributed by atoms with Crippen LogP contribution in [0.25, 0.3) is 0 Å². The Morgan fingerprint density at radius 2 is 1.80 bits per heavy atom. The summed E-state index contributed by atoms with van der Waals surface area (Å²) in [5.74, 6) is -2.43. The molecule has 3 heterocycles. The van der Waals surface area contributed by atoms with Gasteiger partial charge in [-0.2, -0.15) is 0 Å². The fraction of sp³-hybridized carbons (Fsp3) is 0.719. The minimum Gasteiger partial charge on any atom is -0.373 e. The van der Waals surface area contributed by atoms with Crippen molar-refractivity contribution >= 4 is 29.4 Å². The molecule has 5 rings (SSSR count). The number of carbonyl (C=O) groups excluding carboxylic acids is 5. The van der Waals surface area contributed by atoms with Crippen LogP contribution in [0.2, 0.25) is 0 Å². The molecule has 2 saturated heterocycles. The Hall–Kier alpha value is -3.45. The van der Waals surface area contributed by atoms with Crippen LogP contribution >= 0.6 is 0 Å². The lowest BCUT2D eigenvalue weighted by molar-refractivity contribution is -0.146. The first-order chi connectivity index (χ1) is 21.2. The number of carbonyl (C=O) groups is 5. The van der Waals surface area contributed by atoms with Gasteiger partial charge in [-0.05, 0) is 67.6 Å². The van der Waals surface area contributed by atoms with Crippen LogP contribution in [0.5, 0.6) is 0 Å². The van der Waals surface area contributed by atoms with Crippen molar-refractivity contribution in [3.63, 3.8) is 0 Å². The molecule has 1 aromatic rings. The van der Waals surface area contributed by atoms with Crippen molar-refractivity contribution in [1.82, 2.24) is 36.1 Å². The van der Waals surface area contributed by atoms with Crippen molar-refractivity contribution in [2.24, 2.45) is 29.1 Å². The molecule has 2 saturated carbocycles. The third-order valence-corrected chi connectivity index (χ3v) is 9.75. The lowest BCUT2D eigenvalue weighted by Gasteiger charge is -2.37. The molecule has 1 aromatic heterocycles. The molecule has 4 aliphatic rings. The van der Waals surface area contributed by atoms with Crippen LogP contribution in [0.1, 0.15) is 85.1 Å². The summed E-state index contributed by atoms with van der Waals surface area (Å²) < 4.78 is 0. The number of aromatic nitrogens is 2. The minimum atomic E-state index is -1.25. The molecule has 0 spiro atoms. The van der Waals surface area contributed by atoms with Crippen molar-refractivity contribution in [3.8, 4) is 0 Å². The SMILES string of the molecule is CC(C)[C@H](NC(O)c1cnccn1)C(=O)N[C@H](C(=O)N1C[C@@H]2CC3CC[C@@H](C(=O)C(=O)NC4CC4)NC(=O)[C@@H]1[C@H]2C3)C(C)(C)C. The van der Waals surface area contributed by atoms with Crippen molar-refractivity contribution in [2.45, 2.75) is 110 Å². The van der Waals surface area contributed by atoms with Crippen LogP contribution < -0.4 is 21.3 Å². The normalized spacial score (nSPS) is 28.3. The topological polar surface area (TPSA) is 183 Å². The Kier molecular flexibility index (Phi) is 9.60. The van der Waals surface area contributed by atoms with E-state index in [1.54, 1.807) is 4.90 Å². The maximum atomic E-state index is 14.4. The van der Waals surface area contributed by atoms with Crippen molar-refractivity contribution in [1.29, 1.82) is 0 Å². The highest BCUT2D eigenvalue weighted by Crippen LogP contribution is 2.48. The maximum absolute atomic E-state index is 14.4. The molecule has 8 atom stereocenters. The van der Waals surface area contributed by atoms with E-state index in [0.29, 0.717) is 18.9 Å². The van der Waals surface area contributed by atoms with E-state index in [2.05, 4.69) is 31.2 Å². The summed E-state index contributed by atoms with van der Waals surface area (Å²) in [6, 6.07) is -3.55. The number of hydrogen-bond donors (Lipinski definition) is 5. The van der Waals surface area contributed by atoms with E-state index in [9.17, 15) is 29.1 Å². The van der Waals surface area contributed by atoms with Gasteiger partial charge in [-0.15, -0.1) is 0 Å². The lowest BCUT2D eigenvalue weighted by atomic mass is 9.84. The Morgan fingerprint density at radius 1 is 1.07 bits per heavy atom. The van der Waals surface area contributed by atoms with Gasteiger partial charge < -0.3 is 26.0 Å². The summed E-state index contributed by atoms with van der Waals surface area (Å²) in [6.45, 7) is 9.61. The largest absolute Gasteiger partial charge is 0.373 e. The molecule has 4 fully saturated rings. The molecule has 13 heteroatoms. The van der Waals surface area contributed by atoms with E-state index in [1.807, 2.05) is 34.6 Å². The quantitative estimate of drug-likeness (QED) is 0.184. The number of Topliss-reactive ketones (excluding diaryl/α,β-unsaturated/α-hetero) is 1. The third-order valence-electron chi connectivity index (χ3n) is 9.75. The Bertz CT molecular complexity index is 1300. The predicted molar refractivity (Wildman–Crippen MR) is 163 cm³/mol. The Labute approximate surface area is 264 Å². The first-order valence-electron chi connectivity index (χ1n) is 16.2. The molecule has 5 N–H and O–H groups in total. The summed E-state index contributed by atoms with van der Waals surface area (Å²) in [7, 11) is 0. The van der Waals surface area contributed by atoms with Crippen molar-refractivity contribution < 1.29 is 29.1 Å². The van der Waals surface area contributed by atoms with Gasteiger partial charge in [0.25, 0.3) is 5.91 Å². The summed E-state index contributed by atoms with van der Waals surface area (Å²) in [6.07, 6.45) is 7.51. The first kappa shape index (κ1) is 32.9. The zero-order valence-electron chi connectivity index (χ0n) is 26.8. The molecular formula is C32H47N7O6. The molecule has 4 amide bonds. The van der Waals surface area contributed by atoms with Crippen molar-refractivity contribution in [3.05, 3.63) is 24.3 Å². The highest BCUT2D eigenvalue weighted by atomic mass is 16.3. The number of aliphatic hydroxyl groups is 1. The van der Waals surface area contributed by atoms with Gasteiger partial charge >= 0.3 is 0 Å². The maximum Gasteiger partial charge on any atom is 0.289 e. The van der Waals surface area contributed by atoms with Gasteiger partial charge in [-0.1, -0.05) is 34.6 Å². The zero-order valence-corrected chi connectivity index (χ0v) is 26.8. The molecular weight excluding hydrogens is 578 g/mol. The van der Waals surface area contributed by atoms with Crippen LogP contribution in [0.15, 0.2) is 18.6 Å². The predicted octanol–water partition coefficient (Wildman–Crippen LogP) is 0.592. The number of nitrogens with zero attached hydrogens (tertiary/aromatic N) is 3. The van der Waals surface area contributed by atoms with E-state index in [4.69, 9.17) is 0 Å². The van der Waals surface area contributed by atoms with Gasteiger partial charge in [0.15, 0.2) is 0 Å². The summed E-state index contributed by atoms with van der Waals surface area (Å²) >= 11 is 0. The highest BCUT2D eigenvalue weighted by molar-refractivity contribution is 6.38. The molecule has 13 nitrogen and oxygen atoms in total. The monoisotopic (exact) mass is 625 g/mol. The number of aliphatic hydroxyl groups excluding tert-OH is 1. The second kappa shape index (κ2) is 13.1. The van der Waals surface area contributed by atoms with Crippen LogP contribution in [0.4, 0.5) is 0 Å². The number of rotatable bonds is 10. The highest BCUT2D eigenvalue weighted by Gasteiger charge is 2.55. The third kappa shape index (κ3) is 7.35. The number of amides is 4. The van der Waals surface area contributed by atoms with Gasteiger partial charge in [-0.25, -0.2) is 0 Å². The smallest absolute Gasteiger partial charge is 0.289 e.